The molecule has 0 aromatic carbocycles. The number of hydrogen-bond acceptors (Lipinski definition) is 4. The van der Waals surface area contributed by atoms with E-state index < -0.39 is 0 Å². The predicted octanol–water partition coefficient (Wildman–Crippen LogP) is 3.07. The Morgan fingerprint density at radius 2 is 2.16 bits per heavy atom. The van der Waals surface area contributed by atoms with Gasteiger partial charge in [-0.2, -0.15) is 0 Å². The van der Waals surface area contributed by atoms with Crippen molar-refractivity contribution in [1.29, 1.82) is 0 Å². The van der Waals surface area contributed by atoms with Gasteiger partial charge in [0, 0.05) is 38.2 Å². The van der Waals surface area contributed by atoms with Crippen LogP contribution >= 0.6 is 35.3 Å². The molecule has 0 amide bonds. The van der Waals surface area contributed by atoms with E-state index in [0.717, 1.165) is 58.1 Å². The molecule has 0 aliphatic heterocycles. The predicted molar refractivity (Wildman–Crippen MR) is 121 cm³/mol. The van der Waals surface area contributed by atoms with Crippen molar-refractivity contribution in [2.75, 3.05) is 53.5 Å². The van der Waals surface area contributed by atoms with E-state index in [0.29, 0.717) is 5.92 Å². The molecule has 0 radical (unpaired) electrons. The van der Waals surface area contributed by atoms with Gasteiger partial charge in [0.1, 0.15) is 0 Å². The van der Waals surface area contributed by atoms with Crippen LogP contribution in [-0.4, -0.2) is 64.3 Å². The Hall–Kier alpha value is -0.380. The number of nitrogens with zero attached hydrogens (tertiary/aromatic N) is 2. The van der Waals surface area contributed by atoms with E-state index in [1.54, 1.807) is 7.11 Å². The zero-order chi connectivity index (χ0) is 17.6. The highest BCUT2D eigenvalue weighted by Crippen LogP contribution is 2.14. The molecule has 0 saturated carbocycles. The Morgan fingerprint density at radius 3 is 2.80 bits per heavy atom. The largest absolute Gasteiger partial charge is 0.383 e. The topological polar surface area (TPSA) is 48.9 Å². The van der Waals surface area contributed by atoms with E-state index in [9.17, 15) is 0 Å². The summed E-state index contributed by atoms with van der Waals surface area (Å²) in [6.07, 6.45) is 2.19. The smallest absolute Gasteiger partial charge is 0.191 e. The number of likely N-dealkylation sites (N-methyl/N-ethyl adjacent to an activating group) is 1. The fourth-order valence-electron chi connectivity index (χ4n) is 2.34. The third-order valence-electron chi connectivity index (χ3n) is 3.72. The summed E-state index contributed by atoms with van der Waals surface area (Å²) in [6, 6.07) is 4.32. The maximum Gasteiger partial charge on any atom is 0.191 e. The van der Waals surface area contributed by atoms with Crippen molar-refractivity contribution in [2.45, 2.75) is 26.7 Å². The molecule has 0 spiro atoms. The van der Waals surface area contributed by atoms with Crippen molar-refractivity contribution in [1.82, 2.24) is 15.5 Å². The van der Waals surface area contributed by atoms with Crippen molar-refractivity contribution in [3.8, 4) is 0 Å². The highest BCUT2D eigenvalue weighted by atomic mass is 127. The van der Waals surface area contributed by atoms with Crippen molar-refractivity contribution >= 4 is 41.3 Å². The fourth-order valence-corrected chi connectivity index (χ4v) is 3.21. The number of nitrogens with one attached hydrogen (secondary N) is 2. The van der Waals surface area contributed by atoms with Gasteiger partial charge in [0.15, 0.2) is 5.96 Å². The highest BCUT2D eigenvalue weighted by Gasteiger charge is 2.05. The summed E-state index contributed by atoms with van der Waals surface area (Å²) >= 11 is 1.83. The molecule has 2 N–H and O–H groups in total. The zero-order valence-corrected chi connectivity index (χ0v) is 19.2. The molecule has 25 heavy (non-hydrogen) atoms. The molecule has 1 rings (SSSR count). The van der Waals surface area contributed by atoms with Gasteiger partial charge in [0.2, 0.25) is 0 Å². The number of ether oxygens (including phenoxy) is 1. The lowest BCUT2D eigenvalue weighted by atomic mass is 10.1. The highest BCUT2D eigenvalue weighted by molar-refractivity contribution is 14.0. The molecular formula is C18H35IN4OS. The minimum atomic E-state index is 0. The molecule has 5 nitrogen and oxygen atoms in total. The number of thiophene rings is 1. The molecule has 1 unspecified atom stereocenters. The Bertz CT molecular complexity index is 442. The van der Waals surface area contributed by atoms with Crippen LogP contribution in [0.15, 0.2) is 22.5 Å². The lowest BCUT2D eigenvalue weighted by Gasteiger charge is -2.17. The van der Waals surface area contributed by atoms with Crippen LogP contribution in [0.3, 0.4) is 0 Å². The van der Waals surface area contributed by atoms with Gasteiger partial charge in [0.05, 0.1) is 6.61 Å². The van der Waals surface area contributed by atoms with Crippen LogP contribution in [0.2, 0.25) is 0 Å². The van der Waals surface area contributed by atoms with Crippen LogP contribution in [0.4, 0.5) is 0 Å². The molecule has 0 fully saturated rings. The van der Waals surface area contributed by atoms with E-state index in [-0.39, 0.29) is 24.0 Å². The van der Waals surface area contributed by atoms with E-state index in [4.69, 9.17) is 9.73 Å². The molecule has 1 atom stereocenters. The summed E-state index contributed by atoms with van der Waals surface area (Å²) in [6.45, 7) is 9.86. The lowest BCUT2D eigenvalue weighted by molar-refractivity contribution is 0.161. The monoisotopic (exact) mass is 482 g/mol. The standard InChI is InChI=1S/C18H34N4OS.HI/c1-5-19-18(20-9-7-10-22(3)11-12-23-4)21-15-16(2)14-17-8-6-13-24-17;/h6,8,13,16H,5,7,9-12,14-15H2,1-4H3,(H2,19,20,21);1H. The third-order valence-corrected chi connectivity index (χ3v) is 4.62. The van der Waals surface area contributed by atoms with Gasteiger partial charge in [-0.05, 0) is 50.7 Å². The summed E-state index contributed by atoms with van der Waals surface area (Å²) in [5.41, 5.74) is 0. The summed E-state index contributed by atoms with van der Waals surface area (Å²) < 4.78 is 5.09. The quantitative estimate of drug-likeness (QED) is 0.208. The Labute approximate surface area is 174 Å². The van der Waals surface area contributed by atoms with Gasteiger partial charge in [-0.15, -0.1) is 35.3 Å². The second kappa shape index (κ2) is 15.8. The molecule has 0 bridgehead atoms. The molecule has 1 heterocycles. The third kappa shape index (κ3) is 12.6. The summed E-state index contributed by atoms with van der Waals surface area (Å²) in [5.74, 6) is 1.48. The van der Waals surface area contributed by atoms with Gasteiger partial charge < -0.3 is 20.3 Å². The summed E-state index contributed by atoms with van der Waals surface area (Å²) in [7, 11) is 3.87. The maximum atomic E-state index is 5.09. The fraction of sp³-hybridized carbons (Fsp3) is 0.722. The van der Waals surface area contributed by atoms with E-state index in [2.05, 4.69) is 53.9 Å². The minimum absolute atomic E-state index is 0. The van der Waals surface area contributed by atoms with Gasteiger partial charge in [0.25, 0.3) is 0 Å². The van der Waals surface area contributed by atoms with Crippen LogP contribution in [-0.2, 0) is 11.2 Å². The first-order valence-corrected chi connectivity index (χ1v) is 9.75. The van der Waals surface area contributed by atoms with Crippen LogP contribution in [0, 0.1) is 5.92 Å². The first-order chi connectivity index (χ1) is 11.7. The number of methoxy groups -OCH3 is 1. The van der Waals surface area contributed by atoms with Crippen molar-refractivity contribution < 1.29 is 4.74 Å². The maximum absolute atomic E-state index is 5.09. The summed E-state index contributed by atoms with van der Waals surface area (Å²) in [4.78, 5) is 8.46. The molecule has 0 aliphatic carbocycles. The van der Waals surface area contributed by atoms with E-state index in [1.165, 1.54) is 4.88 Å². The normalized spacial score (nSPS) is 12.8. The number of hydrogen-bond donors (Lipinski definition) is 2. The zero-order valence-electron chi connectivity index (χ0n) is 16.1. The van der Waals surface area contributed by atoms with E-state index in [1.807, 2.05) is 11.3 Å². The minimum Gasteiger partial charge on any atom is -0.383 e. The van der Waals surface area contributed by atoms with Gasteiger partial charge >= 0.3 is 0 Å². The molecule has 146 valence electrons. The first-order valence-electron chi connectivity index (χ1n) is 8.87. The van der Waals surface area contributed by atoms with Crippen LogP contribution in [0.1, 0.15) is 25.1 Å². The molecular weight excluding hydrogens is 447 g/mol. The van der Waals surface area contributed by atoms with Crippen molar-refractivity contribution in [2.24, 2.45) is 10.9 Å². The second-order valence-electron chi connectivity index (χ2n) is 6.18. The van der Waals surface area contributed by atoms with Crippen molar-refractivity contribution in [3.05, 3.63) is 22.4 Å². The molecule has 0 aliphatic rings. The Morgan fingerprint density at radius 1 is 1.36 bits per heavy atom. The number of rotatable bonds is 12. The molecule has 1 aromatic heterocycles. The Kier molecular flexibility index (Phi) is 15.6. The van der Waals surface area contributed by atoms with Gasteiger partial charge in [-0.3, -0.25) is 4.99 Å². The van der Waals surface area contributed by atoms with E-state index >= 15 is 0 Å². The van der Waals surface area contributed by atoms with Gasteiger partial charge in [-0.25, -0.2) is 0 Å². The SMILES string of the molecule is CCNC(=NCC(C)Cc1cccs1)NCCCN(C)CCOC.I. The van der Waals surface area contributed by atoms with Gasteiger partial charge in [-0.1, -0.05) is 13.0 Å². The Balaban J connectivity index is 0.00000576. The average Bonchev–Trinajstić information content (AvgIpc) is 3.07. The average molecular weight is 482 g/mol. The van der Waals surface area contributed by atoms with Crippen LogP contribution in [0.25, 0.3) is 0 Å². The first kappa shape index (κ1) is 24.6. The molecule has 0 saturated heterocycles. The number of halogens is 1. The number of guanidine groups is 1. The van der Waals surface area contributed by atoms with Crippen LogP contribution < -0.4 is 10.6 Å². The summed E-state index contributed by atoms with van der Waals surface area (Å²) in [5, 5.41) is 8.90. The lowest BCUT2D eigenvalue weighted by Crippen LogP contribution is -2.39. The molecule has 1 aromatic rings. The van der Waals surface area contributed by atoms with Crippen LogP contribution in [0.5, 0.6) is 0 Å². The molecule has 7 heteroatoms. The second-order valence-corrected chi connectivity index (χ2v) is 7.22. The van der Waals surface area contributed by atoms with Crippen molar-refractivity contribution in [3.63, 3.8) is 0 Å². The number of aliphatic imine (C=N–C) groups is 1.